The van der Waals surface area contributed by atoms with Crippen molar-refractivity contribution in [2.24, 2.45) is 0 Å². The third-order valence-corrected chi connectivity index (χ3v) is 6.42. The Morgan fingerprint density at radius 1 is 1.00 bits per heavy atom. The Hall–Kier alpha value is -4.10. The molecule has 3 atom stereocenters. The van der Waals surface area contributed by atoms with Crippen molar-refractivity contribution in [2.45, 2.75) is 38.4 Å². The molecule has 2 aliphatic rings. The first kappa shape index (κ1) is 30.1. The Morgan fingerprint density at radius 2 is 1.58 bits per heavy atom. The van der Waals surface area contributed by atoms with Crippen molar-refractivity contribution in [3.05, 3.63) is 47.4 Å². The van der Waals surface area contributed by atoms with E-state index >= 15 is 0 Å². The van der Waals surface area contributed by atoms with Gasteiger partial charge in [-0.1, -0.05) is 0 Å². The van der Waals surface area contributed by atoms with Crippen LogP contribution in [-0.2, 0) is 38.7 Å². The van der Waals surface area contributed by atoms with E-state index in [2.05, 4.69) is 18.2 Å². The number of rotatable bonds is 5. The van der Waals surface area contributed by atoms with Crippen molar-refractivity contribution in [3.63, 3.8) is 0 Å². The van der Waals surface area contributed by atoms with Crippen molar-refractivity contribution < 1.29 is 63.3 Å². The van der Waals surface area contributed by atoms with Crippen molar-refractivity contribution in [1.29, 1.82) is 0 Å². The van der Waals surface area contributed by atoms with E-state index in [0.717, 1.165) is 37.1 Å². The van der Waals surface area contributed by atoms with Gasteiger partial charge in [-0.15, -0.1) is 0 Å². The molecule has 0 amide bonds. The molecular formula is C25H32N2O11. The van der Waals surface area contributed by atoms with E-state index in [1.807, 2.05) is 6.26 Å². The lowest BCUT2D eigenvalue weighted by Crippen LogP contribution is -3.24. The standard InChI is InChI=1S/C21H28N2O3.2C2H2O4/c1-24-20-10-17-5-8-23(13-18(17)11-21(20)25-2)19-4-3-7-22(14-19)12-16-6-9-26-15-16;2*3-1(4)2(5)6/h6,9-11,15,19H,3-5,7-8,12-14H2,1-2H3;2*(H,3,4)(H,5,6). The Morgan fingerprint density at radius 3 is 2.08 bits per heavy atom. The minimum atomic E-state index is -2.07. The summed E-state index contributed by atoms with van der Waals surface area (Å²) in [4.78, 5) is 39.5. The second kappa shape index (κ2) is 14.6. The fraction of sp³-hybridized carbons (Fsp3) is 0.440. The zero-order chi connectivity index (χ0) is 28.2. The van der Waals surface area contributed by atoms with Gasteiger partial charge in [0.15, 0.2) is 23.4 Å². The number of quaternary nitrogens is 2. The second-order valence-corrected chi connectivity index (χ2v) is 8.85. The van der Waals surface area contributed by atoms with Crippen LogP contribution in [0.4, 0.5) is 0 Å². The van der Waals surface area contributed by atoms with Gasteiger partial charge in [-0.3, -0.25) is 0 Å². The molecular weight excluding hydrogens is 504 g/mol. The van der Waals surface area contributed by atoms with Gasteiger partial charge in [0.05, 0.1) is 39.8 Å². The molecule has 1 aromatic carbocycles. The summed E-state index contributed by atoms with van der Waals surface area (Å²) in [7, 11) is 3.43. The molecule has 0 bridgehead atoms. The molecule has 1 aromatic heterocycles. The topological polar surface area (TPSA) is 195 Å². The molecule has 38 heavy (non-hydrogen) atoms. The average molecular weight is 537 g/mol. The van der Waals surface area contributed by atoms with Gasteiger partial charge in [0.1, 0.15) is 25.7 Å². The van der Waals surface area contributed by atoms with E-state index in [9.17, 15) is 0 Å². The summed E-state index contributed by atoms with van der Waals surface area (Å²) >= 11 is 0. The molecule has 3 heterocycles. The number of likely N-dealkylation sites (tertiary alicyclic amines) is 1. The summed E-state index contributed by atoms with van der Waals surface area (Å²) in [5.41, 5.74) is 4.16. The molecule has 208 valence electrons. The van der Waals surface area contributed by atoms with E-state index in [-0.39, 0.29) is 0 Å². The number of aliphatic carboxylic acids is 4. The number of carboxylic acid groups (broad SMARTS) is 4. The number of carbonyl (C=O) groups is 4. The molecule has 0 aliphatic carbocycles. The van der Waals surface area contributed by atoms with Gasteiger partial charge in [-0.2, -0.15) is 0 Å². The predicted octanol–water partition coefficient (Wildman–Crippen LogP) is -3.87. The highest BCUT2D eigenvalue weighted by Crippen LogP contribution is 2.31. The van der Waals surface area contributed by atoms with Crippen LogP contribution in [0.5, 0.6) is 11.5 Å². The Bertz CT molecular complexity index is 1050. The van der Waals surface area contributed by atoms with Crippen LogP contribution in [0.1, 0.15) is 29.5 Å². The van der Waals surface area contributed by atoms with Gasteiger partial charge in [-0.25, -0.2) is 9.59 Å². The van der Waals surface area contributed by atoms with Gasteiger partial charge >= 0.3 is 11.9 Å². The van der Waals surface area contributed by atoms with E-state index in [1.165, 1.54) is 49.2 Å². The van der Waals surface area contributed by atoms with E-state index in [1.54, 1.807) is 30.3 Å². The summed E-state index contributed by atoms with van der Waals surface area (Å²) in [5, 5.41) is 32.6. The summed E-state index contributed by atoms with van der Waals surface area (Å²) in [6, 6.07) is 7.20. The molecule has 3 unspecified atom stereocenters. The van der Waals surface area contributed by atoms with Gasteiger partial charge in [-0.05, 0) is 23.8 Å². The molecule has 4 N–H and O–H groups in total. The quantitative estimate of drug-likeness (QED) is 0.273. The lowest BCUT2D eigenvalue weighted by Gasteiger charge is -2.37. The first-order chi connectivity index (χ1) is 18.0. The molecule has 4 rings (SSSR count). The first-order valence-corrected chi connectivity index (χ1v) is 11.9. The van der Waals surface area contributed by atoms with Crippen LogP contribution < -0.4 is 29.5 Å². The summed E-state index contributed by atoms with van der Waals surface area (Å²) in [6.45, 7) is 5.92. The number of methoxy groups -OCH3 is 2. The van der Waals surface area contributed by atoms with Gasteiger partial charge in [0, 0.05) is 30.4 Å². The predicted molar refractivity (Wildman–Crippen MR) is 124 cm³/mol. The number of ether oxygens (including phenoxy) is 2. The van der Waals surface area contributed by atoms with Gasteiger partial charge in [0.2, 0.25) is 0 Å². The SMILES string of the molecule is COc1cc2c(cc1OC)C[NH+](C1CCC[NH+](Cc3ccoc3)C1)CC2.O=C([O-])C(=O)O.O=C([O-])C(=O)O. The highest BCUT2D eigenvalue weighted by molar-refractivity contribution is 6.26. The Labute approximate surface area is 218 Å². The Kier molecular flexibility index (Phi) is 11.6. The third kappa shape index (κ3) is 9.09. The first-order valence-electron chi connectivity index (χ1n) is 11.9. The maximum atomic E-state index is 9.04. The number of benzene rings is 1. The molecule has 1 saturated heterocycles. The molecule has 1 fully saturated rings. The van der Waals surface area contributed by atoms with Crippen molar-refractivity contribution in [2.75, 3.05) is 33.9 Å². The van der Waals surface area contributed by atoms with E-state index in [4.69, 9.17) is 53.5 Å². The van der Waals surface area contributed by atoms with Crippen LogP contribution in [0, 0.1) is 0 Å². The summed E-state index contributed by atoms with van der Waals surface area (Å²) in [6.07, 6.45) is 7.45. The smallest absolute Gasteiger partial charge is 0.351 e. The monoisotopic (exact) mass is 536 g/mol. The fourth-order valence-electron chi connectivity index (χ4n) is 4.68. The van der Waals surface area contributed by atoms with Crippen LogP contribution in [0.2, 0.25) is 0 Å². The van der Waals surface area contributed by atoms with Gasteiger partial charge in [0.25, 0.3) is 0 Å². The van der Waals surface area contributed by atoms with Crippen LogP contribution in [0.15, 0.2) is 35.1 Å². The number of carbonyl (C=O) groups excluding carboxylic acids is 2. The number of furan rings is 1. The number of hydrogen-bond acceptors (Lipinski definition) is 9. The van der Waals surface area contributed by atoms with Crippen LogP contribution in [-0.4, -0.2) is 74.0 Å². The Balaban J connectivity index is 0.000000355. The zero-order valence-corrected chi connectivity index (χ0v) is 21.2. The molecule has 13 nitrogen and oxygen atoms in total. The zero-order valence-electron chi connectivity index (χ0n) is 21.2. The number of fused-ring (bicyclic) bond motifs is 1. The van der Waals surface area contributed by atoms with Crippen LogP contribution in [0.25, 0.3) is 0 Å². The highest BCUT2D eigenvalue weighted by Gasteiger charge is 2.34. The number of nitrogens with one attached hydrogen (secondary N) is 2. The minimum Gasteiger partial charge on any atom is -0.539 e. The minimum absolute atomic E-state index is 0.742. The normalized spacial score (nSPS) is 19.8. The molecule has 2 aromatic rings. The number of piperidine rings is 1. The molecule has 13 heteroatoms. The largest absolute Gasteiger partial charge is 0.539 e. The van der Waals surface area contributed by atoms with E-state index < -0.39 is 23.9 Å². The average Bonchev–Trinajstić information content (AvgIpc) is 3.41. The molecule has 0 radical (unpaired) electrons. The lowest BCUT2D eigenvalue weighted by molar-refractivity contribution is -0.998. The number of carboxylic acids is 4. The second-order valence-electron chi connectivity index (χ2n) is 8.85. The summed E-state index contributed by atoms with van der Waals surface area (Å²) < 4.78 is 16.2. The highest BCUT2D eigenvalue weighted by atomic mass is 16.5. The number of hydrogen-bond donors (Lipinski definition) is 4. The molecule has 0 saturated carbocycles. The molecule has 0 spiro atoms. The van der Waals surface area contributed by atoms with Crippen LogP contribution in [0.3, 0.4) is 0 Å². The maximum absolute atomic E-state index is 9.04. The lowest BCUT2D eigenvalue weighted by atomic mass is 9.95. The van der Waals surface area contributed by atoms with Crippen LogP contribution >= 0.6 is 0 Å². The third-order valence-electron chi connectivity index (χ3n) is 6.42. The van der Waals surface area contributed by atoms with E-state index in [0.29, 0.717) is 0 Å². The van der Waals surface area contributed by atoms with Crippen molar-refractivity contribution in [3.8, 4) is 11.5 Å². The maximum Gasteiger partial charge on any atom is 0.351 e. The summed E-state index contributed by atoms with van der Waals surface area (Å²) in [5.74, 6) is -6.32. The fourth-order valence-corrected chi connectivity index (χ4v) is 4.68. The van der Waals surface area contributed by atoms with Crippen molar-refractivity contribution >= 4 is 23.9 Å². The van der Waals surface area contributed by atoms with Gasteiger partial charge < -0.3 is 53.7 Å². The molecule has 2 aliphatic heterocycles. The van der Waals surface area contributed by atoms with Crippen molar-refractivity contribution in [1.82, 2.24) is 0 Å².